The lowest BCUT2D eigenvalue weighted by Gasteiger charge is -2.16. The van der Waals surface area contributed by atoms with Crippen LogP contribution >= 0.6 is 0 Å². The maximum absolute atomic E-state index is 11.4. The van der Waals surface area contributed by atoms with Crippen molar-refractivity contribution < 1.29 is 19.4 Å². The average molecular weight is 215 g/mol. The van der Waals surface area contributed by atoms with Crippen LogP contribution in [-0.4, -0.2) is 36.2 Å². The number of carbonyl (C=O) groups excluding carboxylic acids is 1. The van der Waals surface area contributed by atoms with Gasteiger partial charge in [0.1, 0.15) is 5.92 Å². The van der Waals surface area contributed by atoms with Crippen LogP contribution in [0.25, 0.3) is 0 Å². The molecule has 1 amide bonds. The minimum Gasteiger partial charge on any atom is -0.481 e. The second-order valence-electron chi connectivity index (χ2n) is 4.25. The number of rotatable bonds is 4. The third-order valence-corrected chi connectivity index (χ3v) is 2.34. The highest BCUT2D eigenvalue weighted by Gasteiger charge is 2.34. The first-order chi connectivity index (χ1) is 7.00. The summed E-state index contributed by atoms with van der Waals surface area (Å²) in [5, 5.41) is 11.5. The molecule has 5 heteroatoms. The topological polar surface area (TPSA) is 75.6 Å². The van der Waals surface area contributed by atoms with Gasteiger partial charge < -0.3 is 15.2 Å². The number of amides is 1. The standard InChI is InChI=1S/C10H17NO4/c1-6(2)3-9(12)11-8-5-15-4-7(8)10(13)14/h6-8H,3-5H2,1-2H3,(H,11,12)(H,13,14). The molecule has 0 radical (unpaired) electrons. The highest BCUT2D eigenvalue weighted by atomic mass is 16.5. The van der Waals surface area contributed by atoms with E-state index in [2.05, 4.69) is 5.32 Å². The molecular weight excluding hydrogens is 198 g/mol. The van der Waals surface area contributed by atoms with Crippen molar-refractivity contribution in [2.75, 3.05) is 13.2 Å². The Labute approximate surface area is 88.8 Å². The van der Waals surface area contributed by atoms with Crippen LogP contribution < -0.4 is 5.32 Å². The predicted octanol–water partition coefficient (Wildman–Crippen LogP) is 0.248. The minimum atomic E-state index is -0.914. The first kappa shape index (κ1) is 12.0. The molecule has 2 N–H and O–H groups in total. The van der Waals surface area contributed by atoms with Gasteiger partial charge in [-0.15, -0.1) is 0 Å². The summed E-state index contributed by atoms with van der Waals surface area (Å²) in [4.78, 5) is 22.2. The van der Waals surface area contributed by atoms with Gasteiger partial charge >= 0.3 is 5.97 Å². The molecule has 1 heterocycles. The van der Waals surface area contributed by atoms with Gasteiger partial charge in [-0.1, -0.05) is 13.8 Å². The van der Waals surface area contributed by atoms with E-state index in [0.29, 0.717) is 13.0 Å². The Hall–Kier alpha value is -1.10. The second kappa shape index (κ2) is 5.11. The monoisotopic (exact) mass is 215 g/mol. The highest BCUT2D eigenvalue weighted by Crippen LogP contribution is 2.14. The van der Waals surface area contributed by atoms with Crippen LogP contribution in [0, 0.1) is 11.8 Å². The van der Waals surface area contributed by atoms with Crippen LogP contribution in [0.3, 0.4) is 0 Å². The number of ether oxygens (including phenoxy) is 1. The number of carboxylic acids is 1. The van der Waals surface area contributed by atoms with Crippen LogP contribution in [0.1, 0.15) is 20.3 Å². The number of hydrogen-bond donors (Lipinski definition) is 2. The average Bonchev–Trinajstić information content (AvgIpc) is 2.50. The van der Waals surface area contributed by atoms with E-state index < -0.39 is 11.9 Å². The van der Waals surface area contributed by atoms with Crippen molar-refractivity contribution in [2.45, 2.75) is 26.3 Å². The Kier molecular flexibility index (Phi) is 4.08. The first-order valence-corrected chi connectivity index (χ1v) is 5.10. The van der Waals surface area contributed by atoms with Crippen LogP contribution in [-0.2, 0) is 14.3 Å². The van der Waals surface area contributed by atoms with Gasteiger partial charge in [-0.3, -0.25) is 9.59 Å². The maximum atomic E-state index is 11.4. The molecule has 0 bridgehead atoms. The van der Waals surface area contributed by atoms with E-state index in [0.717, 1.165) is 0 Å². The van der Waals surface area contributed by atoms with E-state index >= 15 is 0 Å². The Bertz CT molecular complexity index is 252. The molecule has 0 aromatic carbocycles. The lowest BCUT2D eigenvalue weighted by atomic mass is 10.0. The van der Waals surface area contributed by atoms with Crippen molar-refractivity contribution >= 4 is 11.9 Å². The lowest BCUT2D eigenvalue weighted by molar-refractivity contribution is -0.142. The van der Waals surface area contributed by atoms with Gasteiger partial charge in [0.25, 0.3) is 0 Å². The van der Waals surface area contributed by atoms with Gasteiger partial charge in [-0.2, -0.15) is 0 Å². The maximum Gasteiger partial charge on any atom is 0.311 e. The Morgan fingerprint density at radius 2 is 2.13 bits per heavy atom. The largest absolute Gasteiger partial charge is 0.481 e. The van der Waals surface area contributed by atoms with E-state index in [1.165, 1.54) is 0 Å². The van der Waals surface area contributed by atoms with Crippen LogP contribution in [0.2, 0.25) is 0 Å². The van der Waals surface area contributed by atoms with Crippen LogP contribution in [0.15, 0.2) is 0 Å². The third kappa shape index (κ3) is 3.51. The van der Waals surface area contributed by atoms with Gasteiger partial charge in [-0.05, 0) is 5.92 Å². The number of carboxylic acid groups (broad SMARTS) is 1. The zero-order valence-corrected chi connectivity index (χ0v) is 9.03. The molecule has 1 saturated heterocycles. The summed E-state index contributed by atoms with van der Waals surface area (Å²) in [6.07, 6.45) is 0.419. The fourth-order valence-electron chi connectivity index (χ4n) is 1.58. The summed E-state index contributed by atoms with van der Waals surface area (Å²) in [6.45, 7) is 4.36. The molecule has 1 fully saturated rings. The van der Waals surface area contributed by atoms with E-state index in [1.54, 1.807) is 0 Å². The first-order valence-electron chi connectivity index (χ1n) is 5.10. The van der Waals surface area contributed by atoms with Crippen LogP contribution in [0.4, 0.5) is 0 Å². The smallest absolute Gasteiger partial charge is 0.311 e. The molecule has 0 saturated carbocycles. The van der Waals surface area contributed by atoms with Crippen molar-refractivity contribution in [2.24, 2.45) is 11.8 Å². The summed E-state index contributed by atoms with van der Waals surface area (Å²) < 4.78 is 5.04. The van der Waals surface area contributed by atoms with Crippen molar-refractivity contribution in [1.29, 1.82) is 0 Å². The van der Waals surface area contributed by atoms with Crippen LogP contribution in [0.5, 0.6) is 0 Å². The summed E-state index contributed by atoms with van der Waals surface area (Å²) in [5.41, 5.74) is 0. The van der Waals surface area contributed by atoms with E-state index in [-0.39, 0.29) is 24.5 Å². The van der Waals surface area contributed by atoms with Crippen molar-refractivity contribution in [1.82, 2.24) is 5.32 Å². The molecule has 0 aliphatic carbocycles. The quantitative estimate of drug-likeness (QED) is 0.704. The zero-order chi connectivity index (χ0) is 11.4. The number of carbonyl (C=O) groups is 2. The summed E-state index contributed by atoms with van der Waals surface area (Å²) in [7, 11) is 0. The zero-order valence-electron chi connectivity index (χ0n) is 9.03. The predicted molar refractivity (Wildman–Crippen MR) is 53.3 cm³/mol. The Balaban J connectivity index is 2.43. The molecule has 5 nitrogen and oxygen atoms in total. The van der Waals surface area contributed by atoms with Gasteiger partial charge in [0.15, 0.2) is 0 Å². The molecule has 2 atom stereocenters. The SMILES string of the molecule is CC(C)CC(=O)NC1COCC1C(=O)O. The van der Waals surface area contributed by atoms with Crippen molar-refractivity contribution in [3.05, 3.63) is 0 Å². The fourth-order valence-corrected chi connectivity index (χ4v) is 1.58. The minimum absolute atomic E-state index is 0.105. The molecule has 0 spiro atoms. The molecule has 2 unspecified atom stereocenters. The Morgan fingerprint density at radius 3 is 2.67 bits per heavy atom. The van der Waals surface area contributed by atoms with Gasteiger partial charge in [0.2, 0.25) is 5.91 Å². The van der Waals surface area contributed by atoms with Crippen molar-refractivity contribution in [3.8, 4) is 0 Å². The van der Waals surface area contributed by atoms with E-state index in [1.807, 2.05) is 13.8 Å². The van der Waals surface area contributed by atoms with Gasteiger partial charge in [-0.25, -0.2) is 0 Å². The van der Waals surface area contributed by atoms with Gasteiger partial charge in [0, 0.05) is 6.42 Å². The molecule has 0 aromatic rings. The summed E-state index contributed by atoms with van der Waals surface area (Å²) in [6, 6.07) is -0.381. The van der Waals surface area contributed by atoms with E-state index in [4.69, 9.17) is 9.84 Å². The molecule has 1 aliphatic heterocycles. The van der Waals surface area contributed by atoms with Gasteiger partial charge in [0.05, 0.1) is 19.3 Å². The summed E-state index contributed by atoms with van der Waals surface area (Å²) >= 11 is 0. The molecule has 1 rings (SSSR count). The molecule has 1 aliphatic rings. The number of aliphatic carboxylic acids is 1. The molecule has 86 valence electrons. The molecule has 0 aromatic heterocycles. The molecular formula is C10H17NO4. The number of hydrogen-bond acceptors (Lipinski definition) is 3. The lowest BCUT2D eigenvalue weighted by Crippen LogP contribution is -2.42. The number of nitrogens with one attached hydrogen (secondary N) is 1. The highest BCUT2D eigenvalue weighted by molar-refractivity contribution is 5.78. The van der Waals surface area contributed by atoms with Crippen molar-refractivity contribution in [3.63, 3.8) is 0 Å². The Morgan fingerprint density at radius 1 is 1.47 bits per heavy atom. The fraction of sp³-hybridized carbons (Fsp3) is 0.800. The van der Waals surface area contributed by atoms with E-state index in [9.17, 15) is 9.59 Å². The summed E-state index contributed by atoms with van der Waals surface area (Å²) in [5.74, 6) is -1.36. The normalized spacial score (nSPS) is 25.5. The molecule has 15 heavy (non-hydrogen) atoms. The second-order valence-corrected chi connectivity index (χ2v) is 4.25. The third-order valence-electron chi connectivity index (χ3n) is 2.34.